The normalized spacial score (nSPS) is 29.8. The van der Waals surface area contributed by atoms with Crippen molar-refractivity contribution in [3.8, 4) is 0 Å². The number of esters is 1. The van der Waals surface area contributed by atoms with Crippen LogP contribution < -0.4 is 5.32 Å². The summed E-state index contributed by atoms with van der Waals surface area (Å²) < 4.78 is 11.1. The third-order valence-electron chi connectivity index (χ3n) is 4.78. The standard InChI is InChI=1S/C16H31NO3/c1-6-19-15(18)16(4,17-5)9-10-20-14-8-7-12(2)13(3)11-14/h12-14,17H,6-11H2,1-5H3. The van der Waals surface area contributed by atoms with E-state index in [0.29, 0.717) is 25.7 Å². The first-order chi connectivity index (χ1) is 9.42. The quantitative estimate of drug-likeness (QED) is 0.731. The number of likely N-dealkylation sites (N-methyl/N-ethyl adjacent to an activating group) is 1. The molecule has 1 N–H and O–H groups in total. The summed E-state index contributed by atoms with van der Waals surface area (Å²) in [6.45, 7) is 9.34. The summed E-state index contributed by atoms with van der Waals surface area (Å²) in [5, 5.41) is 3.06. The van der Waals surface area contributed by atoms with Crippen molar-refractivity contribution in [3.63, 3.8) is 0 Å². The Morgan fingerprint density at radius 1 is 1.30 bits per heavy atom. The molecule has 0 radical (unpaired) electrons. The molecule has 0 aromatic carbocycles. The molecule has 0 aromatic rings. The highest BCUT2D eigenvalue weighted by Gasteiger charge is 2.33. The number of hydrogen-bond acceptors (Lipinski definition) is 4. The molecule has 0 saturated heterocycles. The van der Waals surface area contributed by atoms with Crippen LogP contribution in [0.25, 0.3) is 0 Å². The van der Waals surface area contributed by atoms with Crippen molar-refractivity contribution in [1.82, 2.24) is 5.32 Å². The summed E-state index contributed by atoms with van der Waals surface area (Å²) in [4.78, 5) is 11.9. The third kappa shape index (κ3) is 4.74. The van der Waals surface area contributed by atoms with Crippen LogP contribution in [0.1, 0.15) is 53.4 Å². The molecule has 0 heterocycles. The number of carbonyl (C=O) groups excluding carboxylic acids is 1. The molecular weight excluding hydrogens is 254 g/mol. The predicted molar refractivity (Wildman–Crippen MR) is 80.6 cm³/mol. The molecular formula is C16H31NO3. The van der Waals surface area contributed by atoms with Gasteiger partial charge in [-0.2, -0.15) is 0 Å². The van der Waals surface area contributed by atoms with Crippen LogP contribution in [0.5, 0.6) is 0 Å². The molecule has 4 heteroatoms. The van der Waals surface area contributed by atoms with E-state index in [1.807, 2.05) is 13.8 Å². The van der Waals surface area contributed by atoms with Crippen molar-refractivity contribution >= 4 is 5.97 Å². The summed E-state index contributed by atoms with van der Waals surface area (Å²) in [6.07, 6.45) is 4.51. The molecule has 4 atom stereocenters. The second-order valence-corrected chi connectivity index (χ2v) is 6.31. The fourth-order valence-electron chi connectivity index (χ4n) is 2.70. The maximum absolute atomic E-state index is 11.9. The molecule has 4 nitrogen and oxygen atoms in total. The molecule has 4 unspecified atom stereocenters. The lowest BCUT2D eigenvalue weighted by atomic mass is 9.80. The lowest BCUT2D eigenvalue weighted by Crippen LogP contribution is -2.49. The second-order valence-electron chi connectivity index (χ2n) is 6.31. The highest BCUT2D eigenvalue weighted by Crippen LogP contribution is 2.31. The molecule has 0 bridgehead atoms. The van der Waals surface area contributed by atoms with Gasteiger partial charge in [0.25, 0.3) is 0 Å². The Morgan fingerprint density at radius 2 is 2.00 bits per heavy atom. The van der Waals surface area contributed by atoms with Gasteiger partial charge in [0.05, 0.1) is 12.7 Å². The van der Waals surface area contributed by atoms with E-state index >= 15 is 0 Å². The van der Waals surface area contributed by atoms with Crippen molar-refractivity contribution in [2.75, 3.05) is 20.3 Å². The van der Waals surface area contributed by atoms with Crippen molar-refractivity contribution < 1.29 is 14.3 Å². The molecule has 1 fully saturated rings. The third-order valence-corrected chi connectivity index (χ3v) is 4.78. The van der Waals surface area contributed by atoms with Crippen LogP contribution in [0.3, 0.4) is 0 Å². The number of carbonyl (C=O) groups is 1. The van der Waals surface area contributed by atoms with Crippen LogP contribution in [0, 0.1) is 11.8 Å². The van der Waals surface area contributed by atoms with E-state index in [-0.39, 0.29) is 5.97 Å². The van der Waals surface area contributed by atoms with E-state index in [4.69, 9.17) is 9.47 Å². The smallest absolute Gasteiger partial charge is 0.326 e. The molecule has 0 aromatic heterocycles. The molecule has 118 valence electrons. The number of hydrogen-bond donors (Lipinski definition) is 1. The SMILES string of the molecule is CCOC(=O)C(C)(CCOC1CCC(C)C(C)C1)NC. The Kier molecular flexibility index (Phi) is 6.96. The Hall–Kier alpha value is -0.610. The number of rotatable bonds is 7. The Bertz CT molecular complexity index is 308. The Labute approximate surface area is 123 Å². The van der Waals surface area contributed by atoms with Crippen LogP contribution in [0.15, 0.2) is 0 Å². The molecule has 1 aliphatic rings. The van der Waals surface area contributed by atoms with E-state index in [2.05, 4.69) is 19.2 Å². The van der Waals surface area contributed by atoms with Gasteiger partial charge in [-0.1, -0.05) is 13.8 Å². The maximum atomic E-state index is 11.9. The van der Waals surface area contributed by atoms with Crippen LogP contribution in [0.2, 0.25) is 0 Å². The Balaban J connectivity index is 2.36. The average molecular weight is 285 g/mol. The van der Waals surface area contributed by atoms with E-state index in [1.54, 1.807) is 7.05 Å². The van der Waals surface area contributed by atoms with Crippen molar-refractivity contribution in [2.45, 2.75) is 65.0 Å². The van der Waals surface area contributed by atoms with Crippen molar-refractivity contribution in [1.29, 1.82) is 0 Å². The first-order valence-electron chi connectivity index (χ1n) is 7.90. The number of nitrogens with one attached hydrogen (secondary N) is 1. The van der Waals surface area contributed by atoms with E-state index < -0.39 is 5.54 Å². The van der Waals surface area contributed by atoms with Crippen LogP contribution in [0.4, 0.5) is 0 Å². The van der Waals surface area contributed by atoms with Gasteiger partial charge in [0, 0.05) is 6.61 Å². The lowest BCUT2D eigenvalue weighted by molar-refractivity contribution is -0.151. The van der Waals surface area contributed by atoms with Crippen LogP contribution >= 0.6 is 0 Å². The van der Waals surface area contributed by atoms with Gasteiger partial charge >= 0.3 is 5.97 Å². The van der Waals surface area contributed by atoms with Gasteiger partial charge in [0.15, 0.2) is 0 Å². The molecule has 1 saturated carbocycles. The molecule has 1 rings (SSSR count). The first-order valence-corrected chi connectivity index (χ1v) is 7.90. The summed E-state index contributed by atoms with van der Waals surface area (Å²) in [6, 6.07) is 0. The summed E-state index contributed by atoms with van der Waals surface area (Å²) in [5.74, 6) is 1.34. The minimum atomic E-state index is -0.649. The van der Waals surface area contributed by atoms with E-state index in [0.717, 1.165) is 24.7 Å². The largest absolute Gasteiger partial charge is 0.465 e. The highest BCUT2D eigenvalue weighted by atomic mass is 16.5. The first kappa shape index (κ1) is 17.4. The van der Waals surface area contributed by atoms with Gasteiger partial charge in [0.1, 0.15) is 5.54 Å². The fourth-order valence-corrected chi connectivity index (χ4v) is 2.70. The van der Waals surface area contributed by atoms with Crippen LogP contribution in [-0.2, 0) is 14.3 Å². The molecule has 0 spiro atoms. The zero-order valence-electron chi connectivity index (χ0n) is 13.7. The van der Waals surface area contributed by atoms with Gasteiger partial charge in [0.2, 0.25) is 0 Å². The van der Waals surface area contributed by atoms with Crippen molar-refractivity contribution in [2.24, 2.45) is 11.8 Å². The number of ether oxygens (including phenoxy) is 2. The fraction of sp³-hybridized carbons (Fsp3) is 0.938. The van der Waals surface area contributed by atoms with E-state index in [1.165, 1.54) is 6.42 Å². The van der Waals surface area contributed by atoms with Gasteiger partial charge in [-0.15, -0.1) is 0 Å². The Morgan fingerprint density at radius 3 is 2.55 bits per heavy atom. The minimum Gasteiger partial charge on any atom is -0.465 e. The van der Waals surface area contributed by atoms with Crippen molar-refractivity contribution in [3.05, 3.63) is 0 Å². The monoisotopic (exact) mass is 285 g/mol. The zero-order chi connectivity index (χ0) is 15.2. The zero-order valence-corrected chi connectivity index (χ0v) is 13.7. The molecule has 1 aliphatic carbocycles. The predicted octanol–water partition coefficient (Wildman–Crippen LogP) is 2.76. The average Bonchev–Trinajstić information content (AvgIpc) is 2.42. The summed E-state index contributed by atoms with van der Waals surface area (Å²) in [7, 11) is 1.79. The second kappa shape index (κ2) is 7.99. The van der Waals surface area contributed by atoms with Gasteiger partial charge in [-0.3, -0.25) is 4.79 Å². The van der Waals surface area contributed by atoms with Crippen LogP contribution in [-0.4, -0.2) is 37.9 Å². The van der Waals surface area contributed by atoms with Gasteiger partial charge in [-0.05, 0) is 58.4 Å². The van der Waals surface area contributed by atoms with E-state index in [9.17, 15) is 4.79 Å². The topological polar surface area (TPSA) is 47.6 Å². The lowest BCUT2D eigenvalue weighted by Gasteiger charge is -2.33. The molecule has 20 heavy (non-hydrogen) atoms. The van der Waals surface area contributed by atoms with Gasteiger partial charge < -0.3 is 14.8 Å². The molecule has 0 aliphatic heterocycles. The molecule has 0 amide bonds. The summed E-state index contributed by atoms with van der Waals surface area (Å²) in [5.41, 5.74) is -0.649. The summed E-state index contributed by atoms with van der Waals surface area (Å²) >= 11 is 0. The minimum absolute atomic E-state index is 0.197. The maximum Gasteiger partial charge on any atom is 0.326 e. The van der Waals surface area contributed by atoms with Gasteiger partial charge in [-0.25, -0.2) is 0 Å². The highest BCUT2D eigenvalue weighted by molar-refractivity contribution is 5.80.